The molecule has 2 aromatic carbocycles. The van der Waals surface area contributed by atoms with Crippen LogP contribution in [-0.4, -0.2) is 48.4 Å². The van der Waals surface area contributed by atoms with Crippen molar-refractivity contribution in [2.75, 3.05) is 32.7 Å². The third-order valence-electron chi connectivity index (χ3n) is 7.30. The third kappa shape index (κ3) is 4.88. The minimum Gasteiger partial charge on any atom is -0.472 e. The van der Waals surface area contributed by atoms with Gasteiger partial charge >= 0.3 is 0 Å². The summed E-state index contributed by atoms with van der Waals surface area (Å²) >= 11 is 12.5. The predicted octanol–water partition coefficient (Wildman–Crippen LogP) is 6.46. The van der Waals surface area contributed by atoms with Gasteiger partial charge in [-0.05, 0) is 79.2 Å². The zero-order valence-corrected chi connectivity index (χ0v) is 20.3. The summed E-state index contributed by atoms with van der Waals surface area (Å²) in [6.07, 6.45) is 5.59. The van der Waals surface area contributed by atoms with E-state index in [0.29, 0.717) is 40.5 Å². The van der Waals surface area contributed by atoms with Crippen molar-refractivity contribution < 1.29 is 13.6 Å². The first-order chi connectivity index (χ1) is 16.5. The number of benzene rings is 2. The van der Waals surface area contributed by atoms with Crippen LogP contribution in [0.2, 0.25) is 10.0 Å². The van der Waals surface area contributed by atoms with Crippen molar-refractivity contribution in [2.24, 2.45) is 5.92 Å². The van der Waals surface area contributed by atoms with Gasteiger partial charge in [-0.3, -0.25) is 4.79 Å². The standard InChI is InChI=1S/C27H27Cl2FN2O2/c28-25-3-1-2-23(26(25)29)27(33)32-15-21(24(16-32)20-10-13-34-17-20)14-31-11-8-19(9-12-31)18-4-6-22(30)7-5-18/h1-7,10,13,17,19,21,24H,8-9,11-12,14-16H2/t21?,24-/m0/s1. The summed E-state index contributed by atoms with van der Waals surface area (Å²) in [5.74, 6) is 0.690. The first-order valence-electron chi connectivity index (χ1n) is 11.7. The lowest BCUT2D eigenvalue weighted by atomic mass is 9.87. The molecule has 7 heteroatoms. The third-order valence-corrected chi connectivity index (χ3v) is 8.12. The molecule has 0 saturated carbocycles. The van der Waals surface area contributed by atoms with E-state index in [9.17, 15) is 9.18 Å². The molecular weight excluding hydrogens is 474 g/mol. The van der Waals surface area contributed by atoms with Crippen LogP contribution in [0.1, 0.15) is 46.2 Å². The van der Waals surface area contributed by atoms with Crippen LogP contribution in [-0.2, 0) is 0 Å². The normalized spacial score (nSPS) is 21.8. The summed E-state index contributed by atoms with van der Waals surface area (Å²) in [7, 11) is 0. The largest absolute Gasteiger partial charge is 0.472 e. The average molecular weight is 501 g/mol. The van der Waals surface area contributed by atoms with Gasteiger partial charge in [0.1, 0.15) is 5.82 Å². The molecule has 0 bridgehead atoms. The van der Waals surface area contributed by atoms with Crippen molar-refractivity contribution in [3.63, 3.8) is 0 Å². The number of hydrogen-bond acceptors (Lipinski definition) is 3. The lowest BCUT2D eigenvalue weighted by Crippen LogP contribution is -2.38. The Hall–Kier alpha value is -2.34. The molecule has 2 aliphatic heterocycles. The molecule has 1 unspecified atom stereocenters. The molecule has 3 heterocycles. The van der Waals surface area contributed by atoms with E-state index in [1.54, 1.807) is 42.9 Å². The van der Waals surface area contributed by atoms with E-state index in [1.165, 1.54) is 5.56 Å². The number of halogens is 3. The molecule has 0 N–H and O–H groups in total. The summed E-state index contributed by atoms with van der Waals surface area (Å²) in [6.45, 7) is 4.18. The molecular formula is C27H27Cl2FN2O2. The Bertz CT molecular complexity index is 1130. The molecule has 1 amide bonds. The van der Waals surface area contributed by atoms with Gasteiger partial charge in [0.05, 0.1) is 28.1 Å². The van der Waals surface area contributed by atoms with Crippen molar-refractivity contribution in [3.8, 4) is 0 Å². The first-order valence-corrected chi connectivity index (χ1v) is 12.5. The van der Waals surface area contributed by atoms with Crippen LogP contribution in [0.25, 0.3) is 0 Å². The lowest BCUT2D eigenvalue weighted by Gasteiger charge is -2.34. The smallest absolute Gasteiger partial charge is 0.255 e. The van der Waals surface area contributed by atoms with Crippen molar-refractivity contribution in [3.05, 3.63) is 93.6 Å². The second-order valence-electron chi connectivity index (χ2n) is 9.36. The molecule has 2 atom stereocenters. The number of amides is 1. The maximum atomic E-state index is 13.3. The van der Waals surface area contributed by atoms with E-state index < -0.39 is 0 Å². The molecule has 2 fully saturated rings. The fourth-order valence-corrected chi connectivity index (χ4v) is 5.82. The summed E-state index contributed by atoms with van der Waals surface area (Å²) in [4.78, 5) is 17.7. The van der Waals surface area contributed by atoms with E-state index in [1.807, 2.05) is 23.1 Å². The van der Waals surface area contributed by atoms with Crippen molar-refractivity contribution in [1.29, 1.82) is 0 Å². The van der Waals surface area contributed by atoms with Gasteiger partial charge in [-0.25, -0.2) is 4.39 Å². The van der Waals surface area contributed by atoms with Gasteiger partial charge in [0.25, 0.3) is 5.91 Å². The Morgan fingerprint density at radius 2 is 1.76 bits per heavy atom. The lowest BCUT2D eigenvalue weighted by molar-refractivity contribution is 0.0781. The number of furan rings is 1. The summed E-state index contributed by atoms with van der Waals surface area (Å²) < 4.78 is 18.6. The molecule has 34 heavy (non-hydrogen) atoms. The van der Waals surface area contributed by atoms with Crippen LogP contribution < -0.4 is 0 Å². The average Bonchev–Trinajstić information content (AvgIpc) is 3.52. The Morgan fingerprint density at radius 3 is 2.47 bits per heavy atom. The highest BCUT2D eigenvalue weighted by molar-refractivity contribution is 6.43. The maximum absolute atomic E-state index is 13.3. The number of likely N-dealkylation sites (tertiary alicyclic amines) is 2. The second kappa shape index (κ2) is 10.1. The number of hydrogen-bond donors (Lipinski definition) is 0. The molecule has 2 saturated heterocycles. The monoisotopic (exact) mass is 500 g/mol. The van der Waals surface area contributed by atoms with E-state index in [0.717, 1.165) is 38.0 Å². The molecule has 0 aliphatic carbocycles. The highest BCUT2D eigenvalue weighted by atomic mass is 35.5. The Kier molecular flexibility index (Phi) is 6.96. The predicted molar refractivity (Wildman–Crippen MR) is 132 cm³/mol. The molecule has 178 valence electrons. The molecule has 4 nitrogen and oxygen atoms in total. The fraction of sp³-hybridized carbons (Fsp3) is 0.370. The van der Waals surface area contributed by atoms with Gasteiger partial charge in [0, 0.05) is 25.6 Å². The minimum atomic E-state index is -0.189. The topological polar surface area (TPSA) is 36.7 Å². The zero-order chi connectivity index (χ0) is 23.7. The van der Waals surface area contributed by atoms with Gasteiger partial charge in [-0.2, -0.15) is 0 Å². The van der Waals surface area contributed by atoms with Crippen LogP contribution in [0.15, 0.2) is 65.5 Å². The second-order valence-corrected chi connectivity index (χ2v) is 10.1. The molecule has 5 rings (SSSR count). The molecule has 1 aromatic heterocycles. The van der Waals surface area contributed by atoms with Gasteiger partial charge in [-0.15, -0.1) is 0 Å². The van der Waals surface area contributed by atoms with Crippen molar-refractivity contribution in [2.45, 2.75) is 24.7 Å². The Balaban J connectivity index is 1.27. The highest BCUT2D eigenvalue weighted by Crippen LogP contribution is 2.37. The maximum Gasteiger partial charge on any atom is 0.255 e. The van der Waals surface area contributed by atoms with Crippen molar-refractivity contribution in [1.82, 2.24) is 9.80 Å². The number of piperidine rings is 1. The SMILES string of the molecule is O=C(c1cccc(Cl)c1Cl)N1CC(CN2CCC(c3ccc(F)cc3)CC2)[C@H](c2ccoc2)C1. The Morgan fingerprint density at radius 1 is 1.00 bits per heavy atom. The molecule has 0 radical (unpaired) electrons. The highest BCUT2D eigenvalue weighted by Gasteiger charge is 2.38. The van der Waals surface area contributed by atoms with Gasteiger partial charge < -0.3 is 14.2 Å². The zero-order valence-electron chi connectivity index (χ0n) is 18.8. The fourth-order valence-electron chi connectivity index (χ4n) is 5.44. The van der Waals surface area contributed by atoms with E-state index >= 15 is 0 Å². The van der Waals surface area contributed by atoms with Crippen LogP contribution in [0, 0.1) is 11.7 Å². The van der Waals surface area contributed by atoms with Crippen molar-refractivity contribution >= 4 is 29.1 Å². The molecule has 2 aliphatic rings. The summed E-state index contributed by atoms with van der Waals surface area (Å²) in [5, 5.41) is 0.694. The quantitative estimate of drug-likeness (QED) is 0.403. The number of carbonyl (C=O) groups is 1. The minimum absolute atomic E-state index is 0.0847. The van der Waals surface area contributed by atoms with E-state index in [4.69, 9.17) is 27.6 Å². The van der Waals surface area contributed by atoms with E-state index in [-0.39, 0.29) is 17.6 Å². The van der Waals surface area contributed by atoms with Gasteiger partial charge in [0.15, 0.2) is 0 Å². The van der Waals surface area contributed by atoms with E-state index in [2.05, 4.69) is 4.90 Å². The molecule has 0 spiro atoms. The Labute approximate surface area is 209 Å². The number of nitrogens with zero attached hydrogens (tertiary/aromatic N) is 2. The van der Waals surface area contributed by atoms with Crippen LogP contribution in [0.4, 0.5) is 4.39 Å². The molecule has 3 aromatic rings. The van der Waals surface area contributed by atoms with Gasteiger partial charge in [0.2, 0.25) is 0 Å². The first kappa shape index (κ1) is 23.4. The van der Waals surface area contributed by atoms with Crippen LogP contribution in [0.3, 0.4) is 0 Å². The summed E-state index contributed by atoms with van der Waals surface area (Å²) in [6, 6.07) is 14.1. The number of rotatable bonds is 5. The summed E-state index contributed by atoms with van der Waals surface area (Å²) in [5.41, 5.74) is 2.79. The van der Waals surface area contributed by atoms with Crippen LogP contribution >= 0.6 is 23.2 Å². The van der Waals surface area contributed by atoms with Gasteiger partial charge in [-0.1, -0.05) is 41.4 Å². The number of carbonyl (C=O) groups excluding carboxylic acids is 1. The van der Waals surface area contributed by atoms with Crippen LogP contribution in [0.5, 0.6) is 0 Å².